The fraction of sp³-hybridized carbons (Fsp3) is 0.750. The predicted molar refractivity (Wildman–Crippen MR) is 74.9 cm³/mol. The maximum absolute atomic E-state index is 12.3. The molecule has 1 heterocycles. The SMILES string of the molecule is Cc1nn(C)c(C)c1S(=O)(=O)NCC1CCCC1Cl. The second-order valence-electron chi connectivity index (χ2n) is 5.18. The molecule has 2 unspecified atom stereocenters. The Morgan fingerprint density at radius 2 is 2.11 bits per heavy atom. The molecule has 1 aliphatic rings. The summed E-state index contributed by atoms with van der Waals surface area (Å²) in [7, 11) is -1.76. The molecule has 0 radical (unpaired) electrons. The number of rotatable bonds is 4. The molecule has 7 heteroatoms. The third-order valence-corrected chi connectivity index (χ3v) is 6.06. The minimum absolute atomic E-state index is 0.0822. The number of aryl methyl sites for hydroxylation is 2. The van der Waals surface area contributed by atoms with E-state index in [1.54, 1.807) is 25.6 Å². The van der Waals surface area contributed by atoms with Gasteiger partial charge in [-0.1, -0.05) is 6.42 Å². The van der Waals surface area contributed by atoms with Gasteiger partial charge in [-0.3, -0.25) is 4.68 Å². The van der Waals surface area contributed by atoms with Crippen molar-refractivity contribution in [1.82, 2.24) is 14.5 Å². The van der Waals surface area contributed by atoms with Crippen molar-refractivity contribution < 1.29 is 8.42 Å². The van der Waals surface area contributed by atoms with Crippen molar-refractivity contribution in [3.05, 3.63) is 11.4 Å². The summed E-state index contributed by atoms with van der Waals surface area (Å²) in [5.41, 5.74) is 1.18. The summed E-state index contributed by atoms with van der Waals surface area (Å²) in [6, 6.07) is 0. The first-order chi connectivity index (χ1) is 8.83. The molecule has 5 nitrogen and oxygen atoms in total. The maximum atomic E-state index is 12.3. The standard InChI is InChI=1S/C12H20ClN3O2S/c1-8-12(9(2)16(3)15-8)19(17,18)14-7-10-5-4-6-11(10)13/h10-11,14H,4-7H2,1-3H3. The molecule has 1 fully saturated rings. The molecule has 0 aromatic carbocycles. The van der Waals surface area contributed by atoms with Crippen LogP contribution in [-0.4, -0.2) is 30.1 Å². The van der Waals surface area contributed by atoms with Crippen LogP contribution in [0.4, 0.5) is 0 Å². The Balaban J connectivity index is 2.14. The van der Waals surface area contributed by atoms with Crippen LogP contribution < -0.4 is 4.72 Å². The highest BCUT2D eigenvalue weighted by molar-refractivity contribution is 7.89. The molecule has 19 heavy (non-hydrogen) atoms. The number of nitrogens with one attached hydrogen (secondary N) is 1. The van der Waals surface area contributed by atoms with E-state index in [9.17, 15) is 8.42 Å². The molecule has 1 aromatic heterocycles. The molecule has 1 saturated carbocycles. The summed E-state index contributed by atoms with van der Waals surface area (Å²) < 4.78 is 29.0. The minimum atomic E-state index is -3.50. The first-order valence-electron chi connectivity index (χ1n) is 6.47. The molecule has 1 aliphatic carbocycles. The van der Waals surface area contributed by atoms with Crippen molar-refractivity contribution in [2.24, 2.45) is 13.0 Å². The molecule has 0 bridgehead atoms. The summed E-state index contributed by atoms with van der Waals surface area (Å²) in [5.74, 6) is 0.230. The number of alkyl halides is 1. The molecule has 1 aromatic rings. The summed E-state index contributed by atoms with van der Waals surface area (Å²) in [4.78, 5) is 0.291. The van der Waals surface area contributed by atoms with Gasteiger partial charge in [0.1, 0.15) is 4.90 Å². The second-order valence-corrected chi connectivity index (χ2v) is 7.45. The van der Waals surface area contributed by atoms with Crippen LogP contribution in [-0.2, 0) is 17.1 Å². The minimum Gasteiger partial charge on any atom is -0.271 e. The van der Waals surface area contributed by atoms with Gasteiger partial charge in [0.05, 0.1) is 11.4 Å². The number of hydrogen-bond acceptors (Lipinski definition) is 3. The van der Waals surface area contributed by atoms with Crippen molar-refractivity contribution in [2.45, 2.75) is 43.4 Å². The molecular weight excluding hydrogens is 286 g/mol. The van der Waals surface area contributed by atoms with Crippen LogP contribution in [0.15, 0.2) is 4.90 Å². The van der Waals surface area contributed by atoms with E-state index in [-0.39, 0.29) is 11.3 Å². The first kappa shape index (κ1) is 14.8. The quantitative estimate of drug-likeness (QED) is 0.862. The lowest BCUT2D eigenvalue weighted by Gasteiger charge is -2.14. The molecule has 0 spiro atoms. The van der Waals surface area contributed by atoms with Gasteiger partial charge < -0.3 is 0 Å². The highest BCUT2D eigenvalue weighted by Gasteiger charge is 2.29. The molecule has 108 valence electrons. The van der Waals surface area contributed by atoms with Crippen molar-refractivity contribution in [2.75, 3.05) is 6.54 Å². The third kappa shape index (κ3) is 2.95. The van der Waals surface area contributed by atoms with Crippen LogP contribution in [0.2, 0.25) is 0 Å². The monoisotopic (exact) mass is 305 g/mol. The molecule has 2 atom stereocenters. The van der Waals surface area contributed by atoms with Gasteiger partial charge in [-0.15, -0.1) is 11.6 Å². The summed E-state index contributed by atoms with van der Waals surface area (Å²) >= 11 is 6.17. The number of sulfonamides is 1. The Morgan fingerprint density at radius 3 is 2.58 bits per heavy atom. The molecule has 0 aliphatic heterocycles. The van der Waals surface area contributed by atoms with Crippen molar-refractivity contribution in [3.63, 3.8) is 0 Å². The zero-order chi connectivity index (χ0) is 14.2. The van der Waals surface area contributed by atoms with Crippen LogP contribution in [0, 0.1) is 19.8 Å². The van der Waals surface area contributed by atoms with Gasteiger partial charge in [-0.25, -0.2) is 13.1 Å². The van der Waals surface area contributed by atoms with Gasteiger partial charge in [0, 0.05) is 19.0 Å². The van der Waals surface area contributed by atoms with Crippen LogP contribution in [0.3, 0.4) is 0 Å². The van der Waals surface area contributed by atoms with Gasteiger partial charge in [-0.2, -0.15) is 5.10 Å². The van der Waals surface area contributed by atoms with Crippen molar-refractivity contribution in [1.29, 1.82) is 0 Å². The van der Waals surface area contributed by atoms with E-state index in [1.807, 2.05) is 0 Å². The lowest BCUT2D eigenvalue weighted by molar-refractivity contribution is 0.523. The Kier molecular flexibility index (Phi) is 4.23. The lowest BCUT2D eigenvalue weighted by Crippen LogP contribution is -2.31. The maximum Gasteiger partial charge on any atom is 0.244 e. The van der Waals surface area contributed by atoms with Crippen LogP contribution in [0.1, 0.15) is 30.7 Å². The van der Waals surface area contributed by atoms with E-state index >= 15 is 0 Å². The molecule has 2 rings (SSSR count). The fourth-order valence-corrected chi connectivity index (χ4v) is 4.55. The van der Waals surface area contributed by atoms with Crippen molar-refractivity contribution in [3.8, 4) is 0 Å². The average Bonchev–Trinajstić information content (AvgIpc) is 2.82. The lowest BCUT2D eigenvalue weighted by atomic mass is 10.1. The molecule has 0 amide bonds. The molecule has 1 N–H and O–H groups in total. The summed E-state index contributed by atoms with van der Waals surface area (Å²) in [5, 5.41) is 4.23. The van der Waals surface area contributed by atoms with Gasteiger partial charge >= 0.3 is 0 Å². The van der Waals surface area contributed by atoms with E-state index in [4.69, 9.17) is 11.6 Å². The van der Waals surface area contributed by atoms with Gasteiger partial charge in [-0.05, 0) is 32.6 Å². The van der Waals surface area contributed by atoms with Crippen LogP contribution >= 0.6 is 11.6 Å². The Hall–Kier alpha value is -0.590. The molecule has 0 saturated heterocycles. The predicted octanol–water partition coefficient (Wildman–Crippen LogP) is 1.72. The largest absolute Gasteiger partial charge is 0.271 e. The smallest absolute Gasteiger partial charge is 0.244 e. The van der Waals surface area contributed by atoms with Gasteiger partial charge in [0.15, 0.2) is 0 Å². The number of nitrogens with zero attached hydrogens (tertiary/aromatic N) is 2. The third-order valence-electron chi connectivity index (χ3n) is 3.81. The highest BCUT2D eigenvalue weighted by Crippen LogP contribution is 2.30. The van der Waals surface area contributed by atoms with E-state index in [0.717, 1.165) is 19.3 Å². The Labute approximate surface area is 119 Å². The number of aromatic nitrogens is 2. The molecular formula is C12H20ClN3O2S. The summed E-state index contributed by atoms with van der Waals surface area (Å²) in [6.07, 6.45) is 3.03. The normalized spacial score (nSPS) is 24.0. The fourth-order valence-electron chi connectivity index (χ4n) is 2.65. The van der Waals surface area contributed by atoms with Gasteiger partial charge in [0.2, 0.25) is 10.0 Å². The number of hydrogen-bond donors (Lipinski definition) is 1. The van der Waals surface area contributed by atoms with E-state index in [1.165, 1.54) is 0 Å². The van der Waals surface area contributed by atoms with Crippen molar-refractivity contribution >= 4 is 21.6 Å². The van der Waals surface area contributed by atoms with E-state index in [2.05, 4.69) is 9.82 Å². The first-order valence-corrected chi connectivity index (χ1v) is 8.39. The van der Waals surface area contributed by atoms with E-state index < -0.39 is 10.0 Å². The zero-order valence-corrected chi connectivity index (χ0v) is 13.1. The number of halogens is 1. The van der Waals surface area contributed by atoms with Crippen LogP contribution in [0.25, 0.3) is 0 Å². The second kappa shape index (κ2) is 5.42. The Bertz CT molecular complexity index is 568. The summed E-state index contributed by atoms with van der Waals surface area (Å²) in [6.45, 7) is 3.88. The van der Waals surface area contributed by atoms with E-state index in [0.29, 0.717) is 22.8 Å². The zero-order valence-electron chi connectivity index (χ0n) is 11.5. The average molecular weight is 306 g/mol. The highest BCUT2D eigenvalue weighted by atomic mass is 35.5. The topological polar surface area (TPSA) is 64.0 Å². The van der Waals surface area contributed by atoms with Gasteiger partial charge in [0.25, 0.3) is 0 Å². The Morgan fingerprint density at radius 1 is 1.42 bits per heavy atom. The van der Waals surface area contributed by atoms with Crippen LogP contribution in [0.5, 0.6) is 0 Å².